The minimum atomic E-state index is -0.833. The number of nitrogens with zero attached hydrogens (tertiary/aromatic N) is 5. The summed E-state index contributed by atoms with van der Waals surface area (Å²) in [7, 11) is 0. The van der Waals surface area contributed by atoms with Crippen molar-refractivity contribution >= 4 is 0 Å². The van der Waals surface area contributed by atoms with Crippen molar-refractivity contribution in [3.05, 3.63) is 54.6 Å². The lowest BCUT2D eigenvalue weighted by Crippen LogP contribution is -2.37. The average molecular weight is 343 g/mol. The number of hydrogen-bond acceptors (Lipinski definition) is 6. The Hall–Kier alpha value is -2.58. The SMILES string of the molecule is OC1(Cn2ccnn2)CCN(Cc2ncc(-c3ccc(F)cc3)o2)C1. The number of aromatic nitrogens is 4. The molecule has 1 unspecified atom stereocenters. The number of hydrogen-bond donors (Lipinski definition) is 1. The molecule has 0 radical (unpaired) electrons. The maximum atomic E-state index is 13.0. The second-order valence-corrected chi connectivity index (χ2v) is 6.41. The molecule has 1 aliphatic heterocycles. The van der Waals surface area contributed by atoms with Crippen LogP contribution in [0, 0.1) is 5.82 Å². The molecule has 0 amide bonds. The molecule has 0 bridgehead atoms. The zero-order valence-electron chi connectivity index (χ0n) is 13.5. The minimum Gasteiger partial charge on any atom is -0.439 e. The lowest BCUT2D eigenvalue weighted by atomic mass is 10.0. The first kappa shape index (κ1) is 15.9. The standard InChI is InChI=1S/C17H18FN5O2/c18-14-3-1-13(2-4-14)15-9-19-16(25-15)10-22-7-5-17(24,11-22)12-23-8-6-20-21-23/h1-4,6,8-9,24H,5,7,10-12H2. The molecule has 1 aromatic carbocycles. The summed E-state index contributed by atoms with van der Waals surface area (Å²) in [4.78, 5) is 6.39. The van der Waals surface area contributed by atoms with Gasteiger partial charge in [0.2, 0.25) is 5.89 Å². The van der Waals surface area contributed by atoms with Crippen molar-refractivity contribution in [2.45, 2.75) is 25.1 Å². The summed E-state index contributed by atoms with van der Waals surface area (Å²) in [6.45, 7) is 2.19. The van der Waals surface area contributed by atoms with Crippen LogP contribution >= 0.6 is 0 Å². The lowest BCUT2D eigenvalue weighted by molar-refractivity contribution is 0.0267. The fourth-order valence-corrected chi connectivity index (χ4v) is 3.15. The van der Waals surface area contributed by atoms with Crippen LogP contribution in [0.15, 0.2) is 47.3 Å². The van der Waals surface area contributed by atoms with Gasteiger partial charge in [-0.15, -0.1) is 5.10 Å². The molecule has 1 N–H and O–H groups in total. The summed E-state index contributed by atoms with van der Waals surface area (Å²) in [5.74, 6) is 0.892. The summed E-state index contributed by atoms with van der Waals surface area (Å²) < 4.78 is 20.4. The fraction of sp³-hybridized carbons (Fsp3) is 0.353. The highest BCUT2D eigenvalue weighted by Gasteiger charge is 2.37. The molecule has 0 aliphatic carbocycles. The molecule has 1 saturated heterocycles. The lowest BCUT2D eigenvalue weighted by Gasteiger charge is -2.22. The number of aliphatic hydroxyl groups is 1. The van der Waals surface area contributed by atoms with Gasteiger partial charge >= 0.3 is 0 Å². The van der Waals surface area contributed by atoms with E-state index in [1.54, 1.807) is 35.4 Å². The van der Waals surface area contributed by atoms with E-state index >= 15 is 0 Å². The Morgan fingerprint density at radius 3 is 2.88 bits per heavy atom. The zero-order valence-corrected chi connectivity index (χ0v) is 13.5. The Kier molecular flexibility index (Phi) is 4.06. The highest BCUT2D eigenvalue weighted by molar-refractivity contribution is 5.55. The Morgan fingerprint density at radius 2 is 2.12 bits per heavy atom. The monoisotopic (exact) mass is 343 g/mol. The molecule has 3 aromatic rings. The van der Waals surface area contributed by atoms with Crippen molar-refractivity contribution in [1.29, 1.82) is 0 Å². The molecule has 130 valence electrons. The second kappa shape index (κ2) is 6.38. The van der Waals surface area contributed by atoms with E-state index in [0.717, 1.165) is 12.1 Å². The van der Waals surface area contributed by atoms with Crippen molar-refractivity contribution in [3.8, 4) is 11.3 Å². The Balaban J connectivity index is 1.39. The average Bonchev–Trinajstić information content (AvgIpc) is 3.32. The number of halogens is 1. The summed E-state index contributed by atoms with van der Waals surface area (Å²) >= 11 is 0. The van der Waals surface area contributed by atoms with Gasteiger partial charge in [-0.1, -0.05) is 5.21 Å². The van der Waals surface area contributed by atoms with Gasteiger partial charge in [-0.3, -0.25) is 4.90 Å². The van der Waals surface area contributed by atoms with E-state index in [1.165, 1.54) is 12.1 Å². The molecular weight excluding hydrogens is 325 g/mol. The first-order valence-corrected chi connectivity index (χ1v) is 8.09. The molecule has 1 atom stereocenters. The number of rotatable bonds is 5. The smallest absolute Gasteiger partial charge is 0.209 e. The van der Waals surface area contributed by atoms with Crippen molar-refractivity contribution in [2.24, 2.45) is 0 Å². The van der Waals surface area contributed by atoms with Crippen LogP contribution in [0.4, 0.5) is 4.39 Å². The van der Waals surface area contributed by atoms with Crippen LogP contribution in [0.5, 0.6) is 0 Å². The Morgan fingerprint density at radius 1 is 1.28 bits per heavy atom. The van der Waals surface area contributed by atoms with Crippen LogP contribution in [-0.2, 0) is 13.1 Å². The van der Waals surface area contributed by atoms with E-state index in [-0.39, 0.29) is 5.82 Å². The van der Waals surface area contributed by atoms with Gasteiger partial charge < -0.3 is 9.52 Å². The predicted molar refractivity (Wildman–Crippen MR) is 86.8 cm³/mol. The minimum absolute atomic E-state index is 0.285. The van der Waals surface area contributed by atoms with Gasteiger partial charge in [0.1, 0.15) is 5.82 Å². The van der Waals surface area contributed by atoms with Crippen molar-refractivity contribution < 1.29 is 13.9 Å². The maximum absolute atomic E-state index is 13.0. The van der Waals surface area contributed by atoms with E-state index < -0.39 is 5.60 Å². The topological polar surface area (TPSA) is 80.2 Å². The van der Waals surface area contributed by atoms with Crippen molar-refractivity contribution in [3.63, 3.8) is 0 Å². The predicted octanol–water partition coefficient (Wildman–Crippen LogP) is 1.71. The van der Waals surface area contributed by atoms with Crippen LogP contribution in [0.25, 0.3) is 11.3 Å². The summed E-state index contributed by atoms with van der Waals surface area (Å²) in [6.07, 6.45) is 5.63. The highest BCUT2D eigenvalue weighted by atomic mass is 19.1. The molecule has 1 fully saturated rings. The van der Waals surface area contributed by atoms with Crippen molar-refractivity contribution in [2.75, 3.05) is 13.1 Å². The molecule has 1 aliphatic rings. The molecule has 0 saturated carbocycles. The van der Waals surface area contributed by atoms with E-state index in [1.807, 2.05) is 0 Å². The Bertz CT molecular complexity index is 833. The molecule has 0 spiro atoms. The third-order valence-corrected chi connectivity index (χ3v) is 4.38. The van der Waals surface area contributed by atoms with Gasteiger partial charge in [0.25, 0.3) is 0 Å². The largest absolute Gasteiger partial charge is 0.439 e. The fourth-order valence-electron chi connectivity index (χ4n) is 3.15. The number of β-amino-alcohol motifs (C(OH)–C–C–N with tert-alkyl or cyclic N) is 1. The van der Waals surface area contributed by atoms with Crippen molar-refractivity contribution in [1.82, 2.24) is 24.9 Å². The van der Waals surface area contributed by atoms with E-state index in [4.69, 9.17) is 4.42 Å². The van der Waals surface area contributed by atoms with E-state index in [0.29, 0.717) is 37.7 Å². The second-order valence-electron chi connectivity index (χ2n) is 6.41. The third kappa shape index (κ3) is 3.59. The van der Waals surface area contributed by atoms with Crippen LogP contribution in [0.1, 0.15) is 12.3 Å². The summed E-state index contributed by atoms with van der Waals surface area (Å²) in [5.41, 5.74) is -0.0515. The van der Waals surface area contributed by atoms with Gasteiger partial charge in [-0.2, -0.15) is 0 Å². The first-order valence-electron chi connectivity index (χ1n) is 8.09. The molecule has 2 aromatic heterocycles. The van der Waals surface area contributed by atoms with Gasteiger partial charge in [0.15, 0.2) is 5.76 Å². The Labute approximate surface area is 143 Å². The number of oxazole rings is 1. The maximum Gasteiger partial charge on any atom is 0.209 e. The van der Waals surface area contributed by atoms with Gasteiger partial charge in [-0.25, -0.2) is 14.1 Å². The van der Waals surface area contributed by atoms with E-state index in [2.05, 4.69) is 20.2 Å². The van der Waals surface area contributed by atoms with Gasteiger partial charge in [-0.05, 0) is 30.7 Å². The molecular formula is C17H18FN5O2. The molecule has 25 heavy (non-hydrogen) atoms. The normalized spacial score (nSPS) is 21.0. The molecule has 4 rings (SSSR count). The van der Waals surface area contributed by atoms with Crippen LogP contribution in [-0.4, -0.2) is 48.7 Å². The van der Waals surface area contributed by atoms with Gasteiger partial charge in [0.05, 0.1) is 31.1 Å². The molecule has 7 nitrogen and oxygen atoms in total. The first-order chi connectivity index (χ1) is 12.1. The number of benzene rings is 1. The third-order valence-electron chi connectivity index (χ3n) is 4.38. The quantitative estimate of drug-likeness (QED) is 0.760. The van der Waals surface area contributed by atoms with Gasteiger partial charge in [0, 0.05) is 24.8 Å². The highest BCUT2D eigenvalue weighted by Crippen LogP contribution is 2.26. The van der Waals surface area contributed by atoms with Crippen LogP contribution in [0.2, 0.25) is 0 Å². The van der Waals surface area contributed by atoms with E-state index in [9.17, 15) is 9.50 Å². The number of likely N-dealkylation sites (tertiary alicyclic amines) is 1. The van der Waals surface area contributed by atoms with Crippen LogP contribution < -0.4 is 0 Å². The molecule has 8 heteroatoms. The molecule has 3 heterocycles. The van der Waals surface area contributed by atoms with Crippen LogP contribution in [0.3, 0.4) is 0 Å². The summed E-state index contributed by atoms with van der Waals surface area (Å²) in [5, 5.41) is 18.4. The summed E-state index contributed by atoms with van der Waals surface area (Å²) in [6, 6.07) is 6.10. The zero-order chi connectivity index (χ0) is 17.3.